The Balaban J connectivity index is 1.31. The third-order valence-electron chi connectivity index (χ3n) is 6.42. The highest BCUT2D eigenvalue weighted by Gasteiger charge is 2.19. The van der Waals surface area contributed by atoms with Crippen molar-refractivity contribution in [2.24, 2.45) is 5.92 Å². The first kappa shape index (κ1) is 26.1. The largest absolute Gasteiger partial charge is 0.494 e. The van der Waals surface area contributed by atoms with E-state index in [0.717, 1.165) is 49.0 Å². The molecule has 196 valence electrons. The third kappa shape index (κ3) is 6.84. The van der Waals surface area contributed by atoms with Gasteiger partial charge in [-0.25, -0.2) is 14.6 Å². The van der Waals surface area contributed by atoms with Crippen LogP contribution in [0.3, 0.4) is 0 Å². The van der Waals surface area contributed by atoms with Gasteiger partial charge in [0.05, 0.1) is 18.8 Å². The average molecular weight is 507 g/mol. The highest BCUT2D eigenvalue weighted by atomic mass is 16.5. The molecule has 1 amide bonds. The Hall–Kier alpha value is -3.95. The van der Waals surface area contributed by atoms with E-state index in [1.54, 1.807) is 13.0 Å². The van der Waals surface area contributed by atoms with Gasteiger partial charge in [-0.3, -0.25) is 9.59 Å². The first-order valence-corrected chi connectivity index (χ1v) is 12.7. The summed E-state index contributed by atoms with van der Waals surface area (Å²) in [5.41, 5.74) is 1.06. The average Bonchev–Trinajstić information content (AvgIpc) is 2.92. The molecule has 1 aromatic carbocycles. The second-order valence-corrected chi connectivity index (χ2v) is 9.16. The maximum atomic E-state index is 12.7. The Kier molecular flexibility index (Phi) is 8.71. The van der Waals surface area contributed by atoms with E-state index in [2.05, 4.69) is 32.2 Å². The molecule has 1 unspecified atom stereocenters. The van der Waals surface area contributed by atoms with Gasteiger partial charge in [0.25, 0.3) is 5.56 Å². The van der Waals surface area contributed by atoms with Gasteiger partial charge < -0.3 is 19.7 Å². The molecule has 2 aromatic heterocycles. The van der Waals surface area contributed by atoms with Crippen LogP contribution >= 0.6 is 0 Å². The molecule has 1 fully saturated rings. The minimum atomic E-state index is -0.790. The summed E-state index contributed by atoms with van der Waals surface area (Å²) < 4.78 is 12.4. The summed E-state index contributed by atoms with van der Waals surface area (Å²) in [5.74, 6) is 2.49. The van der Waals surface area contributed by atoms with E-state index < -0.39 is 6.04 Å². The van der Waals surface area contributed by atoms with Crippen molar-refractivity contribution in [2.45, 2.75) is 39.7 Å². The van der Waals surface area contributed by atoms with Crippen LogP contribution in [-0.2, 0) is 4.79 Å². The van der Waals surface area contributed by atoms with Crippen LogP contribution in [0.5, 0.6) is 11.6 Å². The van der Waals surface area contributed by atoms with Gasteiger partial charge in [-0.2, -0.15) is 5.10 Å². The van der Waals surface area contributed by atoms with Crippen molar-refractivity contribution < 1.29 is 14.3 Å². The fourth-order valence-electron chi connectivity index (χ4n) is 4.15. The second kappa shape index (κ2) is 12.3. The summed E-state index contributed by atoms with van der Waals surface area (Å²) in [6.07, 6.45) is 3.79. The molecular formula is C27H34N6O4. The molecule has 3 heterocycles. The molecule has 0 spiro atoms. The minimum Gasteiger partial charge on any atom is -0.494 e. The van der Waals surface area contributed by atoms with Crippen LogP contribution < -0.4 is 25.2 Å². The van der Waals surface area contributed by atoms with E-state index in [0.29, 0.717) is 18.2 Å². The Morgan fingerprint density at radius 3 is 2.59 bits per heavy atom. The standard InChI is InChI=1S/C27H34N6O4/c1-4-36-22-7-5-21(6-8-22)23-9-10-26(34)33(31-23)20(3)27(35)28-13-16-37-25-17-24(29-18-30-25)32-14-11-19(2)12-15-32/h5-10,17-20H,4,11-16H2,1-3H3,(H,28,35). The summed E-state index contributed by atoms with van der Waals surface area (Å²) in [4.78, 5) is 36.0. The van der Waals surface area contributed by atoms with Crippen LogP contribution in [0, 0.1) is 5.92 Å². The van der Waals surface area contributed by atoms with E-state index >= 15 is 0 Å². The normalized spacial score (nSPS) is 14.7. The summed E-state index contributed by atoms with van der Waals surface area (Å²) in [6.45, 7) is 8.86. The van der Waals surface area contributed by atoms with Crippen molar-refractivity contribution in [3.05, 3.63) is 59.1 Å². The highest BCUT2D eigenvalue weighted by Crippen LogP contribution is 2.23. The fourth-order valence-corrected chi connectivity index (χ4v) is 4.15. The molecular weight excluding hydrogens is 472 g/mol. The number of anilines is 1. The maximum absolute atomic E-state index is 12.7. The van der Waals surface area contributed by atoms with E-state index in [1.807, 2.05) is 37.3 Å². The smallest absolute Gasteiger partial charge is 0.267 e. The number of benzene rings is 1. The predicted molar refractivity (Wildman–Crippen MR) is 141 cm³/mol. The number of hydrogen-bond donors (Lipinski definition) is 1. The molecule has 1 saturated heterocycles. The number of amides is 1. The molecule has 1 aliphatic rings. The lowest BCUT2D eigenvalue weighted by atomic mass is 9.99. The van der Waals surface area contributed by atoms with Crippen LogP contribution in [-0.4, -0.2) is 58.5 Å². The zero-order valence-corrected chi connectivity index (χ0v) is 21.6. The summed E-state index contributed by atoms with van der Waals surface area (Å²) >= 11 is 0. The number of nitrogens with one attached hydrogen (secondary N) is 1. The van der Waals surface area contributed by atoms with Crippen molar-refractivity contribution >= 4 is 11.7 Å². The van der Waals surface area contributed by atoms with Gasteiger partial charge in [-0.1, -0.05) is 6.92 Å². The van der Waals surface area contributed by atoms with Gasteiger partial charge in [0.1, 0.15) is 30.5 Å². The molecule has 4 rings (SSSR count). The number of ether oxygens (including phenoxy) is 2. The number of piperidine rings is 1. The summed E-state index contributed by atoms with van der Waals surface area (Å²) in [7, 11) is 0. The van der Waals surface area contributed by atoms with Crippen LogP contribution in [0.4, 0.5) is 5.82 Å². The van der Waals surface area contributed by atoms with Crippen molar-refractivity contribution in [1.82, 2.24) is 25.1 Å². The SMILES string of the molecule is CCOc1ccc(-c2ccc(=O)n(C(C)C(=O)NCCOc3cc(N4CCC(C)CC4)ncn3)n2)cc1. The number of carbonyl (C=O) groups excluding carboxylic acids is 1. The Morgan fingerprint density at radius 1 is 1.11 bits per heavy atom. The maximum Gasteiger partial charge on any atom is 0.267 e. The highest BCUT2D eigenvalue weighted by molar-refractivity contribution is 5.79. The van der Waals surface area contributed by atoms with Crippen molar-refractivity contribution in [2.75, 3.05) is 37.7 Å². The molecule has 10 nitrogen and oxygen atoms in total. The molecule has 0 bridgehead atoms. The molecule has 0 saturated carbocycles. The lowest BCUT2D eigenvalue weighted by Crippen LogP contribution is -2.38. The molecule has 10 heteroatoms. The number of carbonyl (C=O) groups is 1. The lowest BCUT2D eigenvalue weighted by molar-refractivity contribution is -0.124. The van der Waals surface area contributed by atoms with Gasteiger partial charge in [0, 0.05) is 30.8 Å². The van der Waals surface area contributed by atoms with Crippen LogP contribution in [0.2, 0.25) is 0 Å². The zero-order valence-electron chi connectivity index (χ0n) is 21.6. The molecule has 0 aliphatic carbocycles. The van der Waals surface area contributed by atoms with Gasteiger partial charge >= 0.3 is 0 Å². The van der Waals surface area contributed by atoms with Crippen LogP contribution in [0.15, 0.2) is 53.6 Å². The van der Waals surface area contributed by atoms with Crippen LogP contribution in [0.1, 0.15) is 39.7 Å². The van der Waals surface area contributed by atoms with E-state index in [-0.39, 0.29) is 24.6 Å². The lowest BCUT2D eigenvalue weighted by Gasteiger charge is -2.31. The summed E-state index contributed by atoms with van der Waals surface area (Å²) in [5, 5.41) is 7.23. The van der Waals surface area contributed by atoms with E-state index in [9.17, 15) is 9.59 Å². The first-order valence-electron chi connectivity index (χ1n) is 12.7. The topological polar surface area (TPSA) is 111 Å². The van der Waals surface area contributed by atoms with E-state index in [4.69, 9.17) is 9.47 Å². The molecule has 3 aromatic rings. The Labute approximate surface area is 216 Å². The first-order chi connectivity index (χ1) is 17.9. The van der Waals surface area contributed by atoms with Gasteiger partial charge in [-0.05, 0) is 62.9 Å². The predicted octanol–water partition coefficient (Wildman–Crippen LogP) is 3.09. The van der Waals surface area contributed by atoms with Gasteiger partial charge in [-0.15, -0.1) is 0 Å². The quantitative estimate of drug-likeness (QED) is 0.418. The number of rotatable bonds is 10. The molecule has 1 aliphatic heterocycles. The third-order valence-corrected chi connectivity index (χ3v) is 6.42. The molecule has 37 heavy (non-hydrogen) atoms. The Morgan fingerprint density at radius 2 is 1.86 bits per heavy atom. The summed E-state index contributed by atoms with van der Waals surface area (Å²) in [6, 6.07) is 11.5. The van der Waals surface area contributed by atoms with Crippen molar-refractivity contribution in [3.8, 4) is 22.9 Å². The molecule has 0 radical (unpaired) electrons. The van der Waals surface area contributed by atoms with Gasteiger partial charge in [0.15, 0.2) is 0 Å². The fraction of sp³-hybridized carbons (Fsp3) is 0.444. The molecule has 1 atom stereocenters. The molecule has 1 N–H and O–H groups in total. The van der Waals surface area contributed by atoms with E-state index in [1.165, 1.54) is 17.1 Å². The number of nitrogens with zero attached hydrogens (tertiary/aromatic N) is 5. The second-order valence-electron chi connectivity index (χ2n) is 9.16. The van der Waals surface area contributed by atoms with Crippen LogP contribution in [0.25, 0.3) is 11.3 Å². The minimum absolute atomic E-state index is 0.237. The van der Waals surface area contributed by atoms with Crippen molar-refractivity contribution in [1.29, 1.82) is 0 Å². The van der Waals surface area contributed by atoms with Crippen molar-refractivity contribution in [3.63, 3.8) is 0 Å². The monoisotopic (exact) mass is 506 g/mol. The van der Waals surface area contributed by atoms with Gasteiger partial charge in [0.2, 0.25) is 11.8 Å². The Bertz CT molecular complexity index is 1240. The number of aromatic nitrogens is 4. The zero-order chi connectivity index (χ0) is 26.2. The number of hydrogen-bond acceptors (Lipinski definition) is 8.